The Morgan fingerprint density at radius 1 is 1.17 bits per heavy atom. The predicted molar refractivity (Wildman–Crippen MR) is 107 cm³/mol. The van der Waals surface area contributed by atoms with Crippen LogP contribution in [0.5, 0.6) is 5.75 Å². The Hall–Kier alpha value is -3.13. The molecule has 0 radical (unpaired) electrons. The smallest absolute Gasteiger partial charge is 0.312 e. The second kappa shape index (κ2) is 10.6. The van der Waals surface area contributed by atoms with Crippen LogP contribution >= 0.6 is 0 Å². The van der Waals surface area contributed by atoms with Crippen LogP contribution in [0, 0.1) is 5.82 Å². The lowest BCUT2D eigenvalue weighted by molar-refractivity contribution is -0.145. The standard InChI is InChI=1S/C22H25FN2O5/c23-18-11-16(13-28-19(26)9-5-2-6-10-25-22(24)27)20-17(12-18)14-29-21(30-20)15-7-3-1-4-8-15/h1,3-4,7-8,11-12,21H,2,5-6,9-10,13-14H2,(H3,24,25,27)/t21-/m0/s1. The molecule has 0 bridgehead atoms. The van der Waals surface area contributed by atoms with Crippen LogP contribution in [0.2, 0.25) is 0 Å². The Kier molecular flexibility index (Phi) is 7.62. The van der Waals surface area contributed by atoms with Gasteiger partial charge in [-0.25, -0.2) is 9.18 Å². The summed E-state index contributed by atoms with van der Waals surface area (Å²) in [6.07, 6.45) is 1.74. The number of amides is 2. The topological polar surface area (TPSA) is 99.9 Å². The molecule has 0 aliphatic carbocycles. The summed E-state index contributed by atoms with van der Waals surface area (Å²) >= 11 is 0. The number of hydrogen-bond donors (Lipinski definition) is 2. The van der Waals surface area contributed by atoms with Gasteiger partial charge in [-0.15, -0.1) is 0 Å². The molecule has 7 nitrogen and oxygen atoms in total. The Morgan fingerprint density at radius 3 is 2.73 bits per heavy atom. The van der Waals surface area contributed by atoms with Crippen molar-refractivity contribution in [1.82, 2.24) is 5.32 Å². The molecule has 3 N–H and O–H groups in total. The van der Waals surface area contributed by atoms with E-state index < -0.39 is 18.1 Å². The van der Waals surface area contributed by atoms with Crippen LogP contribution in [0.3, 0.4) is 0 Å². The van der Waals surface area contributed by atoms with Crippen molar-refractivity contribution in [3.8, 4) is 5.75 Å². The molecule has 0 saturated heterocycles. The zero-order chi connectivity index (χ0) is 21.3. The zero-order valence-corrected chi connectivity index (χ0v) is 16.6. The number of primary amides is 1. The van der Waals surface area contributed by atoms with E-state index in [1.165, 1.54) is 12.1 Å². The SMILES string of the molecule is NC(=O)NCCCCCC(=O)OCc1cc(F)cc2c1O[C@@H](c1ccccc1)OC2. The number of nitrogens with one attached hydrogen (secondary N) is 1. The van der Waals surface area contributed by atoms with Crippen LogP contribution in [0.15, 0.2) is 42.5 Å². The third-order valence-electron chi connectivity index (χ3n) is 4.64. The molecule has 30 heavy (non-hydrogen) atoms. The molecule has 0 saturated carbocycles. The Bertz CT molecular complexity index is 875. The van der Waals surface area contributed by atoms with Crippen LogP contribution in [-0.2, 0) is 27.5 Å². The molecule has 2 aromatic rings. The highest BCUT2D eigenvalue weighted by molar-refractivity contribution is 5.71. The van der Waals surface area contributed by atoms with E-state index in [0.29, 0.717) is 29.8 Å². The van der Waals surface area contributed by atoms with E-state index in [4.69, 9.17) is 19.9 Å². The van der Waals surface area contributed by atoms with Crippen LogP contribution in [0.25, 0.3) is 0 Å². The number of hydrogen-bond acceptors (Lipinski definition) is 5. The molecule has 0 aromatic heterocycles. The van der Waals surface area contributed by atoms with Gasteiger partial charge in [0.05, 0.1) is 6.61 Å². The predicted octanol–water partition coefficient (Wildman–Crippen LogP) is 3.71. The molecule has 2 amide bonds. The number of halogens is 1. The Morgan fingerprint density at radius 2 is 1.97 bits per heavy atom. The van der Waals surface area contributed by atoms with Gasteiger partial charge >= 0.3 is 12.0 Å². The first-order chi connectivity index (χ1) is 14.5. The van der Waals surface area contributed by atoms with Crippen molar-refractivity contribution >= 4 is 12.0 Å². The minimum Gasteiger partial charge on any atom is -0.461 e. The lowest BCUT2D eigenvalue weighted by Gasteiger charge is -2.28. The molecule has 1 aliphatic rings. The first kappa shape index (κ1) is 21.6. The summed E-state index contributed by atoms with van der Waals surface area (Å²) in [7, 11) is 0. The highest BCUT2D eigenvalue weighted by atomic mass is 19.1. The summed E-state index contributed by atoms with van der Waals surface area (Å²) in [5.41, 5.74) is 6.88. The minimum absolute atomic E-state index is 0.0797. The number of unbranched alkanes of at least 4 members (excludes halogenated alkanes) is 2. The molecule has 3 rings (SSSR count). The van der Waals surface area contributed by atoms with Crippen molar-refractivity contribution in [3.63, 3.8) is 0 Å². The zero-order valence-electron chi connectivity index (χ0n) is 16.6. The number of carbonyl (C=O) groups is 2. The number of fused-ring (bicyclic) bond motifs is 1. The largest absolute Gasteiger partial charge is 0.461 e. The van der Waals surface area contributed by atoms with Gasteiger partial charge in [-0.1, -0.05) is 36.8 Å². The highest BCUT2D eigenvalue weighted by Crippen LogP contribution is 2.36. The summed E-state index contributed by atoms with van der Waals surface area (Å²) in [5.74, 6) is -0.323. The van der Waals surface area contributed by atoms with Crippen molar-refractivity contribution in [2.45, 2.75) is 45.2 Å². The van der Waals surface area contributed by atoms with Crippen molar-refractivity contribution in [1.29, 1.82) is 0 Å². The molecule has 8 heteroatoms. The van der Waals surface area contributed by atoms with E-state index >= 15 is 0 Å². The second-order valence-electron chi connectivity index (χ2n) is 6.99. The number of esters is 1. The fourth-order valence-electron chi connectivity index (χ4n) is 3.17. The average molecular weight is 416 g/mol. The first-order valence-corrected chi connectivity index (χ1v) is 9.86. The second-order valence-corrected chi connectivity index (χ2v) is 6.99. The minimum atomic E-state index is -0.604. The van der Waals surface area contributed by atoms with Gasteiger partial charge in [-0.2, -0.15) is 0 Å². The number of urea groups is 1. The molecule has 1 atom stereocenters. The lowest BCUT2D eigenvalue weighted by Crippen LogP contribution is -2.29. The third kappa shape index (κ3) is 6.18. The maximum atomic E-state index is 14.0. The van der Waals surface area contributed by atoms with E-state index in [-0.39, 0.29) is 25.6 Å². The van der Waals surface area contributed by atoms with Crippen molar-refractivity contribution in [2.24, 2.45) is 5.73 Å². The maximum absolute atomic E-state index is 14.0. The van der Waals surface area contributed by atoms with E-state index in [9.17, 15) is 14.0 Å². The summed E-state index contributed by atoms with van der Waals surface area (Å²) in [6.45, 7) is 0.596. The summed E-state index contributed by atoms with van der Waals surface area (Å²) in [6, 6.07) is 11.6. The van der Waals surface area contributed by atoms with Crippen molar-refractivity contribution in [3.05, 3.63) is 65.0 Å². The van der Waals surface area contributed by atoms with E-state index in [1.807, 2.05) is 30.3 Å². The molecule has 1 heterocycles. The fourth-order valence-corrected chi connectivity index (χ4v) is 3.17. The van der Waals surface area contributed by atoms with Crippen LogP contribution in [0.4, 0.5) is 9.18 Å². The third-order valence-corrected chi connectivity index (χ3v) is 4.64. The molecule has 0 fully saturated rings. The molecule has 2 aromatic carbocycles. The monoisotopic (exact) mass is 416 g/mol. The quantitative estimate of drug-likeness (QED) is 0.480. The summed E-state index contributed by atoms with van der Waals surface area (Å²) in [4.78, 5) is 22.6. The van der Waals surface area contributed by atoms with Crippen LogP contribution in [0.1, 0.15) is 48.7 Å². The number of carbonyl (C=O) groups excluding carboxylic acids is 2. The average Bonchev–Trinajstić information content (AvgIpc) is 2.74. The van der Waals surface area contributed by atoms with E-state index in [1.54, 1.807) is 0 Å². The Balaban J connectivity index is 1.53. The number of nitrogens with two attached hydrogens (primary N) is 1. The maximum Gasteiger partial charge on any atom is 0.312 e. The van der Waals surface area contributed by atoms with E-state index in [0.717, 1.165) is 18.4 Å². The molecular formula is C22H25FN2O5. The van der Waals surface area contributed by atoms with Gasteiger partial charge in [0.15, 0.2) is 0 Å². The van der Waals surface area contributed by atoms with Crippen LogP contribution < -0.4 is 15.8 Å². The molecule has 1 aliphatic heterocycles. The molecule has 0 spiro atoms. The van der Waals surface area contributed by atoms with Crippen LogP contribution in [-0.4, -0.2) is 18.5 Å². The fraction of sp³-hybridized carbons (Fsp3) is 0.364. The van der Waals surface area contributed by atoms with Crippen molar-refractivity contribution in [2.75, 3.05) is 6.54 Å². The van der Waals surface area contributed by atoms with E-state index in [2.05, 4.69) is 5.32 Å². The molecule has 160 valence electrons. The summed E-state index contributed by atoms with van der Waals surface area (Å²) in [5, 5.41) is 2.49. The van der Waals surface area contributed by atoms with Gasteiger partial charge in [0.1, 0.15) is 18.2 Å². The lowest BCUT2D eigenvalue weighted by atomic mass is 10.1. The highest BCUT2D eigenvalue weighted by Gasteiger charge is 2.25. The summed E-state index contributed by atoms with van der Waals surface area (Å²) < 4.78 is 31.0. The van der Waals surface area contributed by atoms with Gasteiger partial charge in [0.2, 0.25) is 6.29 Å². The van der Waals surface area contributed by atoms with Gasteiger partial charge in [-0.3, -0.25) is 4.79 Å². The molecule has 0 unspecified atom stereocenters. The molecular weight excluding hydrogens is 391 g/mol. The number of ether oxygens (including phenoxy) is 3. The number of benzene rings is 2. The Labute approximate surface area is 174 Å². The number of rotatable bonds is 9. The normalized spacial score (nSPS) is 15.0. The van der Waals surface area contributed by atoms with Gasteiger partial charge in [0, 0.05) is 29.7 Å². The first-order valence-electron chi connectivity index (χ1n) is 9.86. The van der Waals surface area contributed by atoms with Gasteiger partial charge in [0.25, 0.3) is 0 Å². The van der Waals surface area contributed by atoms with Gasteiger partial charge < -0.3 is 25.3 Å². The van der Waals surface area contributed by atoms with Crippen molar-refractivity contribution < 1.29 is 28.2 Å². The van der Waals surface area contributed by atoms with Gasteiger partial charge in [-0.05, 0) is 25.0 Å².